The Labute approximate surface area is 132 Å². The summed E-state index contributed by atoms with van der Waals surface area (Å²) in [5.74, 6) is 1.04. The van der Waals surface area contributed by atoms with Crippen molar-refractivity contribution in [1.29, 1.82) is 0 Å². The molecular weight excluding hydrogens is 304 g/mol. The second-order valence-electron chi connectivity index (χ2n) is 4.98. The lowest BCUT2D eigenvalue weighted by Crippen LogP contribution is -2.34. The van der Waals surface area contributed by atoms with Crippen LogP contribution in [0.15, 0.2) is 23.1 Å². The molecule has 0 amide bonds. The van der Waals surface area contributed by atoms with E-state index >= 15 is 0 Å². The van der Waals surface area contributed by atoms with Gasteiger partial charge in [0.2, 0.25) is 10.0 Å². The van der Waals surface area contributed by atoms with E-state index in [-0.39, 0.29) is 4.90 Å². The summed E-state index contributed by atoms with van der Waals surface area (Å²) in [5, 5.41) is 3.21. The lowest BCUT2D eigenvalue weighted by molar-refractivity contribution is 0.287. The standard InChI is InChI=1S/C15H24N2O4S/c1-3-20-14-7-6-13(12-15(14)21-4-2)22(18,19)17-10-5-8-16-9-11-17/h6-7,12,16H,3-5,8-11H2,1-2H3. The Hall–Kier alpha value is -1.31. The molecule has 0 radical (unpaired) electrons. The molecule has 1 heterocycles. The van der Waals surface area contributed by atoms with Crippen LogP contribution in [0, 0.1) is 0 Å². The topological polar surface area (TPSA) is 67.9 Å². The molecule has 1 aromatic carbocycles. The molecule has 1 aliphatic rings. The van der Waals surface area contributed by atoms with Crippen molar-refractivity contribution in [1.82, 2.24) is 9.62 Å². The summed E-state index contributed by atoms with van der Waals surface area (Å²) in [6.07, 6.45) is 0.814. The van der Waals surface area contributed by atoms with Gasteiger partial charge >= 0.3 is 0 Å². The molecule has 7 heteroatoms. The first-order chi connectivity index (χ1) is 10.6. The van der Waals surface area contributed by atoms with Gasteiger partial charge in [-0.25, -0.2) is 8.42 Å². The van der Waals surface area contributed by atoms with E-state index in [0.29, 0.717) is 44.3 Å². The molecule has 1 fully saturated rings. The van der Waals surface area contributed by atoms with Gasteiger partial charge in [0, 0.05) is 25.7 Å². The van der Waals surface area contributed by atoms with E-state index in [9.17, 15) is 8.42 Å². The lowest BCUT2D eigenvalue weighted by Gasteiger charge is -2.20. The van der Waals surface area contributed by atoms with E-state index in [1.807, 2.05) is 13.8 Å². The third-order valence-corrected chi connectivity index (χ3v) is 5.35. The van der Waals surface area contributed by atoms with Crippen LogP contribution in [0.4, 0.5) is 0 Å². The van der Waals surface area contributed by atoms with Crippen molar-refractivity contribution in [2.75, 3.05) is 39.4 Å². The Balaban J connectivity index is 2.31. The molecule has 1 saturated heterocycles. The fourth-order valence-corrected chi connectivity index (χ4v) is 3.90. The zero-order valence-electron chi connectivity index (χ0n) is 13.2. The van der Waals surface area contributed by atoms with Gasteiger partial charge in [0.1, 0.15) is 0 Å². The maximum atomic E-state index is 12.8. The second kappa shape index (κ2) is 7.80. The molecule has 0 saturated carbocycles. The van der Waals surface area contributed by atoms with E-state index in [2.05, 4.69) is 5.32 Å². The highest BCUT2D eigenvalue weighted by Crippen LogP contribution is 2.31. The van der Waals surface area contributed by atoms with Crippen LogP contribution in [0.5, 0.6) is 11.5 Å². The molecular formula is C15H24N2O4S. The average Bonchev–Trinajstić information content (AvgIpc) is 2.79. The molecule has 0 spiro atoms. The predicted molar refractivity (Wildman–Crippen MR) is 85.0 cm³/mol. The molecule has 1 N–H and O–H groups in total. The number of nitrogens with zero attached hydrogens (tertiary/aromatic N) is 1. The quantitative estimate of drug-likeness (QED) is 0.856. The largest absolute Gasteiger partial charge is 0.490 e. The lowest BCUT2D eigenvalue weighted by atomic mass is 10.3. The Bertz CT molecular complexity index is 581. The zero-order valence-corrected chi connectivity index (χ0v) is 14.0. The first kappa shape index (κ1) is 17.1. The van der Waals surface area contributed by atoms with Crippen LogP contribution in [0.1, 0.15) is 20.3 Å². The van der Waals surface area contributed by atoms with Crippen LogP contribution in [0.2, 0.25) is 0 Å². The maximum Gasteiger partial charge on any atom is 0.243 e. The summed E-state index contributed by atoms with van der Waals surface area (Å²) in [4.78, 5) is 0.251. The normalized spacial score (nSPS) is 17.0. The molecule has 0 atom stereocenters. The summed E-state index contributed by atoms with van der Waals surface area (Å²) in [6, 6.07) is 4.81. The van der Waals surface area contributed by atoms with Gasteiger partial charge in [0.15, 0.2) is 11.5 Å². The minimum atomic E-state index is -3.50. The van der Waals surface area contributed by atoms with Crippen molar-refractivity contribution in [2.45, 2.75) is 25.2 Å². The molecule has 0 aliphatic carbocycles. The van der Waals surface area contributed by atoms with E-state index in [4.69, 9.17) is 9.47 Å². The molecule has 124 valence electrons. The van der Waals surface area contributed by atoms with Gasteiger partial charge in [-0.05, 0) is 38.9 Å². The number of benzene rings is 1. The van der Waals surface area contributed by atoms with Crippen molar-refractivity contribution in [3.8, 4) is 11.5 Å². The third kappa shape index (κ3) is 3.91. The van der Waals surface area contributed by atoms with E-state index in [0.717, 1.165) is 13.0 Å². The van der Waals surface area contributed by atoms with Crippen molar-refractivity contribution in [3.63, 3.8) is 0 Å². The van der Waals surface area contributed by atoms with Gasteiger partial charge in [-0.15, -0.1) is 0 Å². The van der Waals surface area contributed by atoms with Crippen molar-refractivity contribution in [2.24, 2.45) is 0 Å². The van der Waals surface area contributed by atoms with Gasteiger partial charge in [0.25, 0.3) is 0 Å². The molecule has 1 aliphatic heterocycles. The van der Waals surface area contributed by atoms with E-state index < -0.39 is 10.0 Å². The number of nitrogens with one attached hydrogen (secondary N) is 1. The number of sulfonamides is 1. The van der Waals surface area contributed by atoms with Crippen LogP contribution in [0.3, 0.4) is 0 Å². The van der Waals surface area contributed by atoms with Gasteiger partial charge in [-0.3, -0.25) is 0 Å². The smallest absolute Gasteiger partial charge is 0.243 e. The van der Waals surface area contributed by atoms with Crippen molar-refractivity contribution in [3.05, 3.63) is 18.2 Å². The summed E-state index contributed by atoms with van der Waals surface area (Å²) in [6.45, 7) is 7.24. The number of rotatable bonds is 6. The molecule has 2 rings (SSSR count). The highest BCUT2D eigenvalue weighted by Gasteiger charge is 2.26. The van der Waals surface area contributed by atoms with Crippen LogP contribution in [-0.4, -0.2) is 52.1 Å². The van der Waals surface area contributed by atoms with Gasteiger partial charge in [0.05, 0.1) is 18.1 Å². The van der Waals surface area contributed by atoms with Gasteiger partial charge in [-0.2, -0.15) is 4.31 Å². The summed E-state index contributed by atoms with van der Waals surface area (Å²) >= 11 is 0. The van der Waals surface area contributed by atoms with Gasteiger partial charge in [-0.1, -0.05) is 0 Å². The van der Waals surface area contributed by atoms with Crippen molar-refractivity contribution >= 4 is 10.0 Å². The Morgan fingerprint density at radius 1 is 1.09 bits per heavy atom. The summed E-state index contributed by atoms with van der Waals surface area (Å²) in [5.41, 5.74) is 0. The summed E-state index contributed by atoms with van der Waals surface area (Å²) in [7, 11) is -3.50. The van der Waals surface area contributed by atoms with Crippen LogP contribution in [-0.2, 0) is 10.0 Å². The molecule has 1 aromatic rings. The van der Waals surface area contributed by atoms with Gasteiger partial charge < -0.3 is 14.8 Å². The monoisotopic (exact) mass is 328 g/mol. The van der Waals surface area contributed by atoms with Crippen LogP contribution < -0.4 is 14.8 Å². The third-order valence-electron chi connectivity index (χ3n) is 3.45. The zero-order chi connectivity index (χ0) is 16.0. The number of hydrogen-bond donors (Lipinski definition) is 1. The fraction of sp³-hybridized carbons (Fsp3) is 0.600. The van der Waals surface area contributed by atoms with Crippen LogP contribution in [0.25, 0.3) is 0 Å². The Morgan fingerprint density at radius 2 is 1.82 bits per heavy atom. The van der Waals surface area contributed by atoms with Crippen molar-refractivity contribution < 1.29 is 17.9 Å². The SMILES string of the molecule is CCOc1ccc(S(=O)(=O)N2CCCNCC2)cc1OCC. The first-order valence-electron chi connectivity index (χ1n) is 7.70. The minimum absolute atomic E-state index is 0.251. The molecule has 22 heavy (non-hydrogen) atoms. The second-order valence-corrected chi connectivity index (χ2v) is 6.92. The van der Waals surface area contributed by atoms with E-state index in [1.54, 1.807) is 18.2 Å². The Morgan fingerprint density at radius 3 is 2.55 bits per heavy atom. The predicted octanol–water partition coefficient (Wildman–Crippen LogP) is 1.47. The Kier molecular flexibility index (Phi) is 6.05. The highest BCUT2D eigenvalue weighted by molar-refractivity contribution is 7.89. The molecule has 6 nitrogen and oxygen atoms in total. The minimum Gasteiger partial charge on any atom is -0.490 e. The summed E-state index contributed by atoms with van der Waals surface area (Å²) < 4.78 is 38.1. The highest BCUT2D eigenvalue weighted by atomic mass is 32.2. The molecule has 0 unspecified atom stereocenters. The number of ether oxygens (including phenoxy) is 2. The average molecular weight is 328 g/mol. The molecule has 0 bridgehead atoms. The first-order valence-corrected chi connectivity index (χ1v) is 9.14. The fourth-order valence-electron chi connectivity index (χ4n) is 2.40. The van der Waals surface area contributed by atoms with E-state index in [1.165, 1.54) is 4.31 Å². The maximum absolute atomic E-state index is 12.8. The molecule has 0 aromatic heterocycles. The van der Waals surface area contributed by atoms with Crippen LogP contribution >= 0.6 is 0 Å². The number of hydrogen-bond acceptors (Lipinski definition) is 5.